The third-order valence-corrected chi connectivity index (χ3v) is 21.2. The van der Waals surface area contributed by atoms with Crippen molar-refractivity contribution in [3.05, 3.63) is 269 Å². The minimum absolute atomic E-state index is 0.344. The molecule has 20 aromatic rings. The maximum absolute atomic E-state index is 6.42. The van der Waals surface area contributed by atoms with Crippen LogP contribution in [0.2, 0.25) is 0 Å². The lowest BCUT2D eigenvalue weighted by Crippen LogP contribution is -2.41. The molecular formula is C86H54BBr3N4O8. The third-order valence-electron chi connectivity index (χ3n) is 19.8. The van der Waals surface area contributed by atoms with Crippen LogP contribution < -0.4 is 5.46 Å². The van der Waals surface area contributed by atoms with Crippen molar-refractivity contribution in [2.45, 2.75) is 38.9 Å². The number of furan rings is 6. The number of nitrogens with zero attached hydrogens (tertiary/aromatic N) is 4. The van der Waals surface area contributed by atoms with Crippen LogP contribution in [0.5, 0.6) is 0 Å². The summed E-state index contributed by atoms with van der Waals surface area (Å²) in [5.41, 5.74) is 24.6. The van der Waals surface area contributed by atoms with Crippen molar-refractivity contribution < 1.29 is 35.8 Å². The molecule has 0 amide bonds. The maximum Gasteiger partial charge on any atom is 0.494 e. The smallest absolute Gasteiger partial charge is 0.456 e. The second-order valence-corrected chi connectivity index (χ2v) is 29.5. The molecule has 0 atom stereocenters. The van der Waals surface area contributed by atoms with E-state index in [1.54, 1.807) is 12.4 Å². The number of rotatable bonds is 6. The summed E-state index contributed by atoms with van der Waals surface area (Å²) in [5.74, 6) is 0. The molecule has 12 nitrogen and oxygen atoms in total. The number of benzene rings is 10. The van der Waals surface area contributed by atoms with Gasteiger partial charge in [0.25, 0.3) is 0 Å². The standard InChI is InChI=1S/C51H27N3O4.C18H9Br3O.C17H18BNO3/c1-4-46-49(52-17-1)38-25-29(8-14-43(38)56-46)28-7-12-41-36(23-28)37-24-30(9-13-42(37)55-41)33-20-34(31-10-15-44-39(26-31)50-47(57-44)5-2-18-53-50)22-35(21-33)32-11-16-45-40(27-32)51-48(58-45)6-3-19-54-51;19-12-2-4-18-16(9-12)15-7-10(1-3-17(15)22-18)11-5-13(20)8-14(21)6-11;1-16(2)17(3,4)22-18(21-16)11-7-8-13-12(10-11)15-14(20-13)6-5-9-19-15/h1-27H;1-9H;5-10H,1-4H3. The lowest BCUT2D eigenvalue weighted by Gasteiger charge is -2.32. The first-order chi connectivity index (χ1) is 49.6. The van der Waals surface area contributed by atoms with Gasteiger partial charge in [0, 0.05) is 81.3 Å². The Balaban J connectivity index is 0.000000133. The summed E-state index contributed by atoms with van der Waals surface area (Å²) in [6, 6.07) is 78.7. The van der Waals surface area contributed by atoms with E-state index in [0.29, 0.717) is 0 Å². The van der Waals surface area contributed by atoms with Crippen LogP contribution in [0.25, 0.3) is 188 Å². The minimum atomic E-state index is -0.372. The van der Waals surface area contributed by atoms with Crippen LogP contribution in [0, 0.1) is 0 Å². The fourth-order valence-electron chi connectivity index (χ4n) is 14.0. The van der Waals surface area contributed by atoms with E-state index >= 15 is 0 Å². The van der Waals surface area contributed by atoms with Gasteiger partial charge in [-0.15, -0.1) is 0 Å². The first kappa shape index (κ1) is 62.1. The molecule has 0 bridgehead atoms. The quantitative estimate of drug-likeness (QED) is 0.146. The van der Waals surface area contributed by atoms with Gasteiger partial charge in [0.15, 0.2) is 22.3 Å². The molecule has 490 valence electrons. The highest BCUT2D eigenvalue weighted by atomic mass is 79.9. The monoisotopic (exact) mass is 1520 g/mol. The molecule has 21 rings (SSSR count). The Labute approximate surface area is 607 Å². The highest BCUT2D eigenvalue weighted by molar-refractivity contribution is 9.11. The molecular weight excluding hydrogens is 1470 g/mol. The number of hydrogen-bond donors (Lipinski definition) is 0. The van der Waals surface area contributed by atoms with Crippen LogP contribution in [0.1, 0.15) is 27.7 Å². The fraction of sp³-hybridized carbons (Fsp3) is 0.0698. The van der Waals surface area contributed by atoms with Gasteiger partial charge in [0.1, 0.15) is 66.7 Å². The van der Waals surface area contributed by atoms with Crippen LogP contribution in [0.4, 0.5) is 0 Å². The largest absolute Gasteiger partial charge is 0.494 e. The Hall–Kier alpha value is -11.0. The van der Waals surface area contributed by atoms with Gasteiger partial charge in [-0.25, -0.2) is 0 Å². The summed E-state index contributed by atoms with van der Waals surface area (Å²) in [6.45, 7) is 8.22. The predicted molar refractivity (Wildman–Crippen MR) is 420 cm³/mol. The molecule has 0 N–H and O–H groups in total. The zero-order valence-electron chi connectivity index (χ0n) is 55.0. The number of hydrogen-bond acceptors (Lipinski definition) is 12. The van der Waals surface area contributed by atoms with E-state index in [2.05, 4.69) is 223 Å². The SMILES string of the molecule is Brc1cc(Br)cc(-c2ccc3oc4ccc(Br)cc4c3c2)c1.CC1(C)OB(c2ccc3oc4cccnc4c3c2)OC1(C)C.c1cnc2c(c1)oc1ccc(-c3cc(-c4ccc5oc6ccc(-c7ccc8oc9cccnc9c8c7)cc6c5c4)cc(-c4ccc5oc6cccnc6c5c4)c3)cc12. The second kappa shape index (κ2) is 24.1. The van der Waals surface area contributed by atoms with Crippen molar-refractivity contribution >= 4 is 193 Å². The molecule has 0 radical (unpaired) electrons. The summed E-state index contributed by atoms with van der Waals surface area (Å²) in [4.78, 5) is 18.3. The topological polar surface area (TPSA) is 149 Å². The lowest BCUT2D eigenvalue weighted by molar-refractivity contribution is 0.00578. The highest BCUT2D eigenvalue weighted by Crippen LogP contribution is 2.44. The molecule has 16 heteroatoms. The van der Waals surface area contributed by atoms with Crippen LogP contribution in [-0.4, -0.2) is 38.3 Å². The van der Waals surface area contributed by atoms with Gasteiger partial charge in [-0.3, -0.25) is 19.9 Å². The van der Waals surface area contributed by atoms with Gasteiger partial charge in [0.2, 0.25) is 0 Å². The first-order valence-electron chi connectivity index (χ1n) is 33.3. The van der Waals surface area contributed by atoms with Gasteiger partial charge in [0.05, 0.1) is 11.2 Å². The zero-order valence-corrected chi connectivity index (χ0v) is 59.8. The molecule has 1 fully saturated rings. The maximum atomic E-state index is 6.42. The van der Waals surface area contributed by atoms with E-state index in [0.717, 1.165) is 207 Å². The normalized spacial score (nSPS) is 13.7. The van der Waals surface area contributed by atoms with Gasteiger partial charge in [-0.2, -0.15) is 0 Å². The van der Waals surface area contributed by atoms with Crippen LogP contribution in [0.3, 0.4) is 0 Å². The molecule has 1 saturated heterocycles. The molecule has 1 aliphatic heterocycles. The Morgan fingerprint density at radius 1 is 0.245 bits per heavy atom. The van der Waals surface area contributed by atoms with Gasteiger partial charge >= 0.3 is 7.12 Å². The van der Waals surface area contributed by atoms with Crippen LogP contribution in [0.15, 0.2) is 295 Å². The summed E-state index contributed by atoms with van der Waals surface area (Å²) in [7, 11) is -0.372. The van der Waals surface area contributed by atoms with E-state index in [1.165, 1.54) is 0 Å². The van der Waals surface area contributed by atoms with E-state index in [-0.39, 0.29) is 18.3 Å². The molecule has 0 spiro atoms. The van der Waals surface area contributed by atoms with Crippen LogP contribution in [-0.2, 0) is 9.31 Å². The van der Waals surface area contributed by atoms with Crippen molar-refractivity contribution in [2.75, 3.05) is 0 Å². The Morgan fingerprint density at radius 3 is 0.882 bits per heavy atom. The molecule has 10 aromatic heterocycles. The van der Waals surface area contributed by atoms with Gasteiger partial charge in [-0.05, 0) is 277 Å². The highest BCUT2D eigenvalue weighted by Gasteiger charge is 2.51. The van der Waals surface area contributed by atoms with Crippen molar-refractivity contribution in [3.63, 3.8) is 0 Å². The summed E-state index contributed by atoms with van der Waals surface area (Å²) in [5, 5.41) is 8.30. The van der Waals surface area contributed by atoms with Crippen molar-refractivity contribution in [2.24, 2.45) is 0 Å². The summed E-state index contributed by atoms with van der Waals surface area (Å²) < 4.78 is 51.9. The number of aromatic nitrogens is 4. The number of fused-ring (bicyclic) bond motifs is 18. The fourth-order valence-corrected chi connectivity index (χ4v) is 15.6. The molecule has 1 aliphatic rings. The molecule has 0 saturated carbocycles. The molecule has 11 heterocycles. The molecule has 0 aliphatic carbocycles. The predicted octanol–water partition coefficient (Wildman–Crippen LogP) is 25.0. The van der Waals surface area contributed by atoms with E-state index < -0.39 is 0 Å². The molecule has 102 heavy (non-hydrogen) atoms. The van der Waals surface area contributed by atoms with E-state index in [1.807, 2.05) is 116 Å². The zero-order chi connectivity index (χ0) is 68.7. The van der Waals surface area contributed by atoms with Gasteiger partial charge in [-0.1, -0.05) is 90.3 Å². The molecule has 10 aromatic carbocycles. The second-order valence-electron chi connectivity index (χ2n) is 26.7. The Kier molecular flexibility index (Phi) is 14.7. The Bertz CT molecular complexity index is 6650. The van der Waals surface area contributed by atoms with Crippen molar-refractivity contribution in [3.8, 4) is 55.6 Å². The van der Waals surface area contributed by atoms with Crippen LogP contribution >= 0.6 is 47.8 Å². The first-order valence-corrected chi connectivity index (χ1v) is 35.7. The average Bonchev–Trinajstić information content (AvgIpc) is 1.56. The number of halogens is 3. The molecule has 0 unspecified atom stereocenters. The van der Waals surface area contributed by atoms with E-state index in [4.69, 9.17) is 35.8 Å². The summed E-state index contributed by atoms with van der Waals surface area (Å²) >= 11 is 10.6. The van der Waals surface area contributed by atoms with Gasteiger partial charge < -0.3 is 35.8 Å². The average molecular weight is 1520 g/mol. The number of pyridine rings is 4. The third kappa shape index (κ3) is 10.9. The van der Waals surface area contributed by atoms with Crippen molar-refractivity contribution in [1.82, 2.24) is 19.9 Å². The minimum Gasteiger partial charge on any atom is -0.456 e. The van der Waals surface area contributed by atoms with E-state index in [9.17, 15) is 0 Å². The summed E-state index contributed by atoms with van der Waals surface area (Å²) in [6.07, 6.45) is 7.20. The van der Waals surface area contributed by atoms with Crippen molar-refractivity contribution in [1.29, 1.82) is 0 Å². The Morgan fingerprint density at radius 2 is 0.520 bits per heavy atom. The lowest BCUT2D eigenvalue weighted by atomic mass is 9.78.